The van der Waals surface area contributed by atoms with Crippen LogP contribution >= 0.6 is 0 Å². The summed E-state index contributed by atoms with van der Waals surface area (Å²) in [5.41, 5.74) is 4.78. The maximum Gasteiger partial charge on any atom is 0.407 e. The SMILES string of the molecule is CN(C)CCOCCOCCOCCOCCOCCOCCOCCOCCOCCOCCNC(=O)OCC1c2ccccc2-c2ccccc21. The number of hydrogen-bond acceptors (Lipinski definition) is 13. The predicted molar refractivity (Wildman–Crippen MR) is 200 cm³/mol. The molecule has 0 spiro atoms. The minimum atomic E-state index is -0.451. The monoisotopic (exact) mass is 750 g/mol. The van der Waals surface area contributed by atoms with Crippen molar-refractivity contribution in [2.24, 2.45) is 0 Å². The van der Waals surface area contributed by atoms with Crippen LogP contribution in [0.25, 0.3) is 11.1 Å². The highest BCUT2D eigenvalue weighted by atomic mass is 16.6. The highest BCUT2D eigenvalue weighted by Crippen LogP contribution is 2.44. The van der Waals surface area contributed by atoms with Gasteiger partial charge in [-0.25, -0.2) is 4.79 Å². The maximum absolute atomic E-state index is 12.2. The third-order valence-corrected chi connectivity index (χ3v) is 7.89. The number of rotatable bonds is 35. The first-order valence-corrected chi connectivity index (χ1v) is 18.7. The van der Waals surface area contributed by atoms with Crippen molar-refractivity contribution < 1.29 is 56.9 Å². The molecule has 0 bridgehead atoms. The van der Waals surface area contributed by atoms with E-state index < -0.39 is 6.09 Å². The third-order valence-electron chi connectivity index (χ3n) is 7.89. The number of alkyl carbamates (subject to hydrolysis) is 1. The second kappa shape index (κ2) is 30.6. The van der Waals surface area contributed by atoms with Gasteiger partial charge in [0.25, 0.3) is 0 Å². The normalized spacial score (nSPS) is 12.4. The molecule has 0 saturated heterocycles. The summed E-state index contributed by atoms with van der Waals surface area (Å²) in [6.45, 7) is 11.7. The van der Waals surface area contributed by atoms with Gasteiger partial charge in [0.05, 0.1) is 132 Å². The van der Waals surface area contributed by atoms with E-state index in [1.54, 1.807) is 0 Å². The van der Waals surface area contributed by atoms with Gasteiger partial charge in [0.15, 0.2) is 0 Å². The van der Waals surface area contributed by atoms with Gasteiger partial charge >= 0.3 is 6.09 Å². The summed E-state index contributed by atoms with van der Waals surface area (Å²) in [5, 5.41) is 2.74. The van der Waals surface area contributed by atoms with Crippen molar-refractivity contribution in [2.45, 2.75) is 5.92 Å². The molecule has 0 heterocycles. The van der Waals surface area contributed by atoms with E-state index >= 15 is 0 Å². The molecule has 1 aliphatic rings. The summed E-state index contributed by atoms with van der Waals surface area (Å²) in [7, 11) is 4.04. The van der Waals surface area contributed by atoms with Crippen LogP contribution in [-0.4, -0.2) is 177 Å². The number of carbonyl (C=O) groups excluding carboxylic acids is 1. The molecule has 0 saturated carbocycles. The number of likely N-dealkylation sites (N-methyl/N-ethyl adjacent to an activating group) is 1. The Bertz CT molecular complexity index is 1150. The summed E-state index contributed by atoms with van der Waals surface area (Å²) >= 11 is 0. The Balaban J connectivity index is 0.954. The molecule has 0 atom stereocenters. The molecule has 0 radical (unpaired) electrons. The number of nitrogens with one attached hydrogen (secondary N) is 1. The second-order valence-corrected chi connectivity index (χ2v) is 12.2. The maximum atomic E-state index is 12.2. The van der Waals surface area contributed by atoms with Crippen molar-refractivity contribution in [3.63, 3.8) is 0 Å². The van der Waals surface area contributed by atoms with Gasteiger partial charge in [-0.1, -0.05) is 48.5 Å². The molecular formula is C39H62N2O12. The molecule has 2 aromatic rings. The quantitative estimate of drug-likeness (QED) is 0.104. The number of amides is 1. The van der Waals surface area contributed by atoms with E-state index in [4.69, 9.17) is 52.1 Å². The lowest BCUT2D eigenvalue weighted by molar-refractivity contribution is -0.0264. The molecule has 0 aliphatic heterocycles. The van der Waals surface area contributed by atoms with Gasteiger partial charge in [0.2, 0.25) is 0 Å². The van der Waals surface area contributed by atoms with Gasteiger partial charge in [0.1, 0.15) is 6.61 Å². The molecule has 0 aromatic heterocycles. The van der Waals surface area contributed by atoms with Crippen LogP contribution in [-0.2, 0) is 52.1 Å². The molecule has 0 unspecified atom stereocenters. The molecule has 1 amide bonds. The van der Waals surface area contributed by atoms with Gasteiger partial charge in [0, 0.05) is 19.0 Å². The van der Waals surface area contributed by atoms with Crippen molar-refractivity contribution in [3.8, 4) is 11.1 Å². The van der Waals surface area contributed by atoms with Crippen LogP contribution in [0.1, 0.15) is 17.0 Å². The van der Waals surface area contributed by atoms with E-state index in [2.05, 4.69) is 34.5 Å². The van der Waals surface area contributed by atoms with Gasteiger partial charge in [-0.3, -0.25) is 0 Å². The number of fused-ring (bicyclic) bond motifs is 3. The van der Waals surface area contributed by atoms with Crippen LogP contribution in [0.2, 0.25) is 0 Å². The molecule has 14 nitrogen and oxygen atoms in total. The van der Waals surface area contributed by atoms with Crippen LogP contribution in [0.5, 0.6) is 0 Å². The number of carbonyl (C=O) groups is 1. The van der Waals surface area contributed by atoms with Gasteiger partial charge in [-0.15, -0.1) is 0 Å². The van der Waals surface area contributed by atoms with Crippen LogP contribution in [0.3, 0.4) is 0 Å². The molecule has 300 valence electrons. The highest BCUT2D eigenvalue weighted by molar-refractivity contribution is 5.79. The molecule has 3 rings (SSSR count). The lowest BCUT2D eigenvalue weighted by Crippen LogP contribution is -2.29. The molecule has 53 heavy (non-hydrogen) atoms. The summed E-state index contributed by atoms with van der Waals surface area (Å²) in [6.07, 6.45) is -0.451. The van der Waals surface area contributed by atoms with Crippen molar-refractivity contribution in [3.05, 3.63) is 59.7 Å². The molecule has 0 fully saturated rings. The summed E-state index contributed by atoms with van der Waals surface area (Å²) in [5.74, 6) is 0.0381. The topological polar surface area (TPSA) is 134 Å². The standard InChI is InChI=1S/C39H62N2O12/c1-41(2)12-14-44-16-18-46-20-22-48-24-26-50-28-30-52-32-31-51-29-27-49-25-23-47-21-19-45-17-15-43-13-11-40-39(42)53-33-38-36-9-5-3-7-34(36)35-8-4-6-10-37(35)38/h3-10,38H,11-33H2,1-2H3,(H,40,42). The van der Waals surface area contributed by atoms with Crippen molar-refractivity contribution in [2.75, 3.05) is 166 Å². The van der Waals surface area contributed by atoms with Crippen molar-refractivity contribution >= 4 is 6.09 Å². The number of benzene rings is 2. The average Bonchev–Trinajstić information content (AvgIpc) is 3.49. The van der Waals surface area contributed by atoms with Crippen molar-refractivity contribution in [1.29, 1.82) is 0 Å². The molecule has 1 N–H and O–H groups in total. The second-order valence-electron chi connectivity index (χ2n) is 12.2. The zero-order valence-electron chi connectivity index (χ0n) is 31.8. The highest BCUT2D eigenvalue weighted by Gasteiger charge is 2.28. The number of ether oxygens (including phenoxy) is 11. The van der Waals surface area contributed by atoms with Crippen LogP contribution in [0.15, 0.2) is 48.5 Å². The van der Waals surface area contributed by atoms with Crippen LogP contribution in [0, 0.1) is 0 Å². The Kier molecular flexibility index (Phi) is 25.8. The van der Waals surface area contributed by atoms with E-state index in [0.717, 1.165) is 6.54 Å². The smallest absolute Gasteiger partial charge is 0.407 e. The first-order chi connectivity index (χ1) is 26.2. The average molecular weight is 751 g/mol. The fourth-order valence-corrected chi connectivity index (χ4v) is 5.20. The van der Waals surface area contributed by atoms with E-state index in [-0.39, 0.29) is 12.5 Å². The molecule has 1 aliphatic carbocycles. The lowest BCUT2D eigenvalue weighted by atomic mass is 9.98. The van der Waals surface area contributed by atoms with Crippen molar-refractivity contribution in [1.82, 2.24) is 10.2 Å². The summed E-state index contributed by atoms with van der Waals surface area (Å²) in [4.78, 5) is 14.3. The Morgan fingerprint density at radius 1 is 0.491 bits per heavy atom. The van der Waals surface area contributed by atoms with Gasteiger partial charge < -0.3 is 62.3 Å². The zero-order valence-corrected chi connectivity index (χ0v) is 31.8. The number of nitrogens with zero attached hydrogens (tertiary/aromatic N) is 1. The van der Waals surface area contributed by atoms with Crippen LogP contribution in [0.4, 0.5) is 4.79 Å². The first-order valence-electron chi connectivity index (χ1n) is 18.7. The van der Waals surface area contributed by atoms with Gasteiger partial charge in [-0.05, 0) is 36.3 Å². The Morgan fingerprint density at radius 3 is 1.17 bits per heavy atom. The molecular weight excluding hydrogens is 688 g/mol. The summed E-state index contributed by atoms with van der Waals surface area (Å²) < 4.78 is 60.5. The fourth-order valence-electron chi connectivity index (χ4n) is 5.20. The Morgan fingerprint density at radius 2 is 0.811 bits per heavy atom. The van der Waals surface area contributed by atoms with E-state index in [1.807, 2.05) is 38.4 Å². The molecule has 14 heteroatoms. The Labute approximate surface area is 315 Å². The Hall–Kier alpha value is -2.73. The largest absolute Gasteiger partial charge is 0.449 e. The predicted octanol–water partition coefficient (Wildman–Crippen LogP) is 3.25. The first kappa shape index (κ1) is 44.7. The number of hydrogen-bond donors (Lipinski definition) is 1. The third kappa shape index (κ3) is 21.1. The van der Waals surface area contributed by atoms with Crippen LogP contribution < -0.4 is 5.32 Å². The van der Waals surface area contributed by atoms with E-state index in [0.29, 0.717) is 139 Å². The zero-order chi connectivity index (χ0) is 37.4. The van der Waals surface area contributed by atoms with E-state index in [9.17, 15) is 4.79 Å². The molecule has 2 aromatic carbocycles. The minimum absolute atomic E-state index is 0.0381. The van der Waals surface area contributed by atoms with Gasteiger partial charge in [-0.2, -0.15) is 0 Å². The summed E-state index contributed by atoms with van der Waals surface area (Å²) in [6, 6.07) is 16.5. The lowest BCUT2D eigenvalue weighted by Gasteiger charge is -2.14. The minimum Gasteiger partial charge on any atom is -0.449 e. The fraction of sp³-hybridized carbons (Fsp3) is 0.667. The van der Waals surface area contributed by atoms with E-state index in [1.165, 1.54) is 22.3 Å².